The van der Waals surface area contributed by atoms with Crippen LogP contribution >= 0.6 is 0 Å². The number of amides is 1. The Morgan fingerprint density at radius 2 is 1.94 bits per heavy atom. The van der Waals surface area contributed by atoms with E-state index in [2.05, 4.69) is 0 Å². The van der Waals surface area contributed by atoms with E-state index >= 15 is 0 Å². The number of rotatable bonds is 3. The maximum absolute atomic E-state index is 12.0. The van der Waals surface area contributed by atoms with Crippen LogP contribution in [0.1, 0.15) is 39.5 Å². The summed E-state index contributed by atoms with van der Waals surface area (Å²) >= 11 is 0. The summed E-state index contributed by atoms with van der Waals surface area (Å²) in [6, 6.07) is 1.03. The van der Waals surface area contributed by atoms with Gasteiger partial charge in [0.25, 0.3) is 0 Å². The number of ether oxygens (including phenoxy) is 1. The molecule has 0 radical (unpaired) electrons. The van der Waals surface area contributed by atoms with Gasteiger partial charge >= 0.3 is 0 Å². The zero-order chi connectivity index (χ0) is 11.7. The average molecular weight is 226 g/mol. The highest BCUT2D eigenvalue weighted by molar-refractivity contribution is 5.78. The Balaban J connectivity index is 1.92. The fourth-order valence-electron chi connectivity index (χ4n) is 2.94. The van der Waals surface area contributed by atoms with E-state index in [0.717, 1.165) is 25.7 Å². The summed E-state index contributed by atoms with van der Waals surface area (Å²) in [5, 5.41) is 0. The summed E-state index contributed by atoms with van der Waals surface area (Å²) in [6.07, 6.45) is 4.28. The fraction of sp³-hybridized carbons (Fsp3) is 0.917. The second kappa shape index (κ2) is 4.72. The van der Waals surface area contributed by atoms with Crippen molar-refractivity contribution in [3.05, 3.63) is 0 Å². The van der Waals surface area contributed by atoms with Crippen LogP contribution < -0.4 is 5.73 Å². The number of hydrogen-bond acceptors (Lipinski definition) is 3. The average Bonchev–Trinajstić information content (AvgIpc) is 2.48. The first kappa shape index (κ1) is 11.9. The minimum absolute atomic E-state index is 0.119. The molecule has 4 heteroatoms. The molecule has 2 heterocycles. The molecular weight excluding hydrogens is 204 g/mol. The Hall–Kier alpha value is -0.610. The van der Waals surface area contributed by atoms with Crippen LogP contribution in [-0.4, -0.2) is 41.6 Å². The van der Waals surface area contributed by atoms with Crippen molar-refractivity contribution in [2.75, 3.05) is 6.61 Å². The lowest BCUT2D eigenvalue weighted by Gasteiger charge is -2.37. The molecule has 2 bridgehead atoms. The van der Waals surface area contributed by atoms with Crippen LogP contribution in [0.2, 0.25) is 0 Å². The van der Waals surface area contributed by atoms with E-state index in [9.17, 15) is 4.79 Å². The van der Waals surface area contributed by atoms with Gasteiger partial charge in [-0.25, -0.2) is 0 Å². The van der Waals surface area contributed by atoms with Gasteiger partial charge < -0.3 is 15.4 Å². The van der Waals surface area contributed by atoms with Crippen LogP contribution in [0.25, 0.3) is 0 Å². The molecule has 1 amide bonds. The molecule has 92 valence electrons. The van der Waals surface area contributed by atoms with Gasteiger partial charge in [0, 0.05) is 18.1 Å². The predicted octanol–water partition coefficient (Wildman–Crippen LogP) is 0.892. The summed E-state index contributed by atoms with van der Waals surface area (Å²) in [5.41, 5.74) is 5.97. The van der Waals surface area contributed by atoms with Crippen molar-refractivity contribution in [2.24, 2.45) is 5.73 Å². The quantitative estimate of drug-likeness (QED) is 0.777. The molecule has 0 aromatic carbocycles. The van der Waals surface area contributed by atoms with Gasteiger partial charge in [0.05, 0.1) is 6.10 Å². The Morgan fingerprint density at radius 3 is 2.44 bits per heavy atom. The molecule has 2 rings (SSSR count). The van der Waals surface area contributed by atoms with Crippen LogP contribution in [0, 0.1) is 0 Å². The maximum Gasteiger partial charge on any atom is 0.249 e. The third-order valence-electron chi connectivity index (χ3n) is 3.60. The Labute approximate surface area is 97.1 Å². The Kier molecular flexibility index (Phi) is 3.50. The third-order valence-corrected chi connectivity index (χ3v) is 3.60. The van der Waals surface area contributed by atoms with Gasteiger partial charge in [-0.05, 0) is 39.5 Å². The van der Waals surface area contributed by atoms with E-state index in [1.165, 1.54) is 0 Å². The number of carbonyl (C=O) groups excluding carboxylic acids is 1. The van der Waals surface area contributed by atoms with Crippen molar-refractivity contribution in [2.45, 2.75) is 63.8 Å². The molecule has 0 aromatic heterocycles. The molecule has 2 unspecified atom stereocenters. The molecule has 4 nitrogen and oxygen atoms in total. The van der Waals surface area contributed by atoms with E-state index in [0.29, 0.717) is 12.1 Å². The van der Waals surface area contributed by atoms with Crippen molar-refractivity contribution in [1.29, 1.82) is 0 Å². The van der Waals surface area contributed by atoms with Gasteiger partial charge in [-0.3, -0.25) is 4.79 Å². The fourth-order valence-corrected chi connectivity index (χ4v) is 2.94. The molecule has 2 atom stereocenters. The van der Waals surface area contributed by atoms with Crippen molar-refractivity contribution < 1.29 is 9.53 Å². The highest BCUT2D eigenvalue weighted by atomic mass is 16.5. The first-order valence-electron chi connectivity index (χ1n) is 6.26. The summed E-state index contributed by atoms with van der Waals surface area (Å²) < 4.78 is 5.39. The van der Waals surface area contributed by atoms with Crippen molar-refractivity contribution in [3.8, 4) is 0 Å². The van der Waals surface area contributed by atoms with Gasteiger partial charge in [0.2, 0.25) is 5.91 Å². The molecule has 0 aliphatic carbocycles. The second-order valence-electron chi connectivity index (χ2n) is 5.28. The van der Waals surface area contributed by atoms with E-state index < -0.39 is 0 Å². The summed E-state index contributed by atoms with van der Waals surface area (Å²) in [5.74, 6) is 0.146. The number of piperidine rings is 1. The number of hydrogen-bond donors (Lipinski definition) is 1. The molecule has 2 N–H and O–H groups in total. The minimum Gasteiger partial charge on any atom is -0.369 e. The SMILES string of the molecule is CC(C)OCC(=O)N1C2CCC1CC(N)C2. The van der Waals surface area contributed by atoms with E-state index in [-0.39, 0.29) is 24.7 Å². The zero-order valence-electron chi connectivity index (χ0n) is 10.2. The molecule has 2 aliphatic rings. The van der Waals surface area contributed by atoms with Crippen LogP contribution in [0.5, 0.6) is 0 Å². The van der Waals surface area contributed by atoms with Crippen molar-refractivity contribution in [3.63, 3.8) is 0 Å². The monoisotopic (exact) mass is 226 g/mol. The van der Waals surface area contributed by atoms with Crippen LogP contribution in [0.15, 0.2) is 0 Å². The number of carbonyl (C=O) groups is 1. The van der Waals surface area contributed by atoms with Gasteiger partial charge in [-0.2, -0.15) is 0 Å². The van der Waals surface area contributed by atoms with Gasteiger partial charge in [-0.1, -0.05) is 0 Å². The summed E-state index contributed by atoms with van der Waals surface area (Å²) in [4.78, 5) is 14.1. The summed E-state index contributed by atoms with van der Waals surface area (Å²) in [6.45, 7) is 4.13. The lowest BCUT2D eigenvalue weighted by molar-refractivity contribution is -0.142. The van der Waals surface area contributed by atoms with E-state index in [1.807, 2.05) is 18.7 Å². The lowest BCUT2D eigenvalue weighted by Crippen LogP contribution is -2.51. The molecule has 2 aliphatic heterocycles. The molecule has 0 saturated carbocycles. The highest BCUT2D eigenvalue weighted by Gasteiger charge is 2.41. The van der Waals surface area contributed by atoms with E-state index in [4.69, 9.17) is 10.5 Å². The zero-order valence-corrected chi connectivity index (χ0v) is 10.2. The largest absolute Gasteiger partial charge is 0.369 e. The second-order valence-corrected chi connectivity index (χ2v) is 5.28. The topological polar surface area (TPSA) is 55.6 Å². The molecule has 16 heavy (non-hydrogen) atoms. The molecule has 2 fully saturated rings. The smallest absolute Gasteiger partial charge is 0.249 e. The van der Waals surface area contributed by atoms with Gasteiger partial charge in [-0.15, -0.1) is 0 Å². The maximum atomic E-state index is 12.0. The molecule has 0 spiro atoms. The Morgan fingerprint density at radius 1 is 1.38 bits per heavy atom. The number of nitrogens with two attached hydrogens (primary N) is 1. The van der Waals surface area contributed by atoms with Crippen molar-refractivity contribution in [1.82, 2.24) is 4.90 Å². The molecular formula is C12H22N2O2. The predicted molar refractivity (Wildman–Crippen MR) is 62.0 cm³/mol. The highest BCUT2D eigenvalue weighted by Crippen LogP contribution is 2.35. The van der Waals surface area contributed by atoms with Crippen molar-refractivity contribution >= 4 is 5.91 Å². The van der Waals surface area contributed by atoms with Crippen LogP contribution in [0.3, 0.4) is 0 Å². The molecule has 0 aromatic rings. The van der Waals surface area contributed by atoms with Gasteiger partial charge in [0.1, 0.15) is 6.61 Å². The molecule has 2 saturated heterocycles. The third kappa shape index (κ3) is 2.38. The van der Waals surface area contributed by atoms with Crippen LogP contribution in [-0.2, 0) is 9.53 Å². The normalized spacial score (nSPS) is 33.5. The minimum atomic E-state index is 0.119. The van der Waals surface area contributed by atoms with Crippen LogP contribution in [0.4, 0.5) is 0 Å². The van der Waals surface area contributed by atoms with Gasteiger partial charge in [0.15, 0.2) is 0 Å². The van der Waals surface area contributed by atoms with E-state index in [1.54, 1.807) is 0 Å². The first-order valence-corrected chi connectivity index (χ1v) is 6.26. The Bertz CT molecular complexity index is 254. The summed E-state index contributed by atoms with van der Waals surface area (Å²) in [7, 11) is 0. The number of nitrogens with zero attached hydrogens (tertiary/aromatic N) is 1. The standard InChI is InChI=1S/C12H22N2O2/c1-8(2)16-7-12(15)14-10-3-4-11(14)6-9(13)5-10/h8-11H,3-7,13H2,1-2H3. The first-order chi connectivity index (χ1) is 7.58. The number of fused-ring (bicyclic) bond motifs is 2. The lowest BCUT2D eigenvalue weighted by atomic mass is 9.98.